The standard InChI is InChI=1S/C17H13F3N2O3S/c1-9-6-10(2-4-12(9)25-17(18,19)20)14-5-3-11(26-14)7-15-22-8-13(24-15)16(21)23/h2-6,8H,7H2,1H3,(H2,21,23). The first kappa shape index (κ1) is 18.0. The van der Waals surface area contributed by atoms with E-state index < -0.39 is 12.3 Å². The maximum atomic E-state index is 12.3. The fraction of sp³-hybridized carbons (Fsp3) is 0.176. The first-order valence-electron chi connectivity index (χ1n) is 7.41. The third-order valence-electron chi connectivity index (χ3n) is 3.47. The number of primary amides is 1. The normalized spacial score (nSPS) is 11.5. The molecule has 0 aliphatic heterocycles. The monoisotopic (exact) mass is 382 g/mol. The number of benzene rings is 1. The van der Waals surface area contributed by atoms with Gasteiger partial charge >= 0.3 is 6.36 Å². The summed E-state index contributed by atoms with van der Waals surface area (Å²) in [7, 11) is 0. The van der Waals surface area contributed by atoms with E-state index in [4.69, 9.17) is 10.2 Å². The van der Waals surface area contributed by atoms with Crippen LogP contribution in [0, 0.1) is 6.92 Å². The number of thiophene rings is 1. The number of aromatic nitrogens is 1. The Bertz CT molecular complexity index is 947. The molecule has 2 heterocycles. The molecule has 0 unspecified atom stereocenters. The molecule has 0 bridgehead atoms. The number of carbonyl (C=O) groups excluding carboxylic acids is 1. The summed E-state index contributed by atoms with van der Waals surface area (Å²) in [5.41, 5.74) is 6.27. The molecular formula is C17H13F3N2O3S. The van der Waals surface area contributed by atoms with Crippen LogP contribution in [0.5, 0.6) is 5.75 Å². The van der Waals surface area contributed by atoms with Gasteiger partial charge in [0.15, 0.2) is 5.89 Å². The van der Waals surface area contributed by atoms with E-state index in [0.717, 1.165) is 15.3 Å². The molecule has 0 aliphatic rings. The molecule has 2 aromatic heterocycles. The molecule has 9 heteroatoms. The van der Waals surface area contributed by atoms with Gasteiger partial charge in [0.25, 0.3) is 5.91 Å². The molecule has 2 N–H and O–H groups in total. The summed E-state index contributed by atoms with van der Waals surface area (Å²) in [5, 5.41) is 0. The van der Waals surface area contributed by atoms with Crippen LogP contribution in [0.25, 0.3) is 10.4 Å². The fourth-order valence-corrected chi connectivity index (χ4v) is 3.32. The number of hydrogen-bond acceptors (Lipinski definition) is 5. The second-order valence-electron chi connectivity index (χ2n) is 5.45. The van der Waals surface area contributed by atoms with Crippen LogP contribution in [0.15, 0.2) is 40.9 Å². The zero-order chi connectivity index (χ0) is 18.9. The van der Waals surface area contributed by atoms with Gasteiger partial charge in [-0.25, -0.2) is 4.98 Å². The smallest absolute Gasteiger partial charge is 0.435 e. The average Bonchev–Trinajstić information content (AvgIpc) is 3.18. The maximum Gasteiger partial charge on any atom is 0.573 e. The lowest BCUT2D eigenvalue weighted by molar-refractivity contribution is -0.274. The Kier molecular flexibility index (Phi) is 4.73. The zero-order valence-corrected chi connectivity index (χ0v) is 14.3. The van der Waals surface area contributed by atoms with Crippen molar-refractivity contribution in [3.8, 4) is 16.2 Å². The third kappa shape index (κ3) is 4.23. The molecule has 3 rings (SSSR count). The van der Waals surface area contributed by atoms with Gasteiger partial charge in [-0.05, 0) is 48.4 Å². The van der Waals surface area contributed by atoms with Crippen LogP contribution in [0.3, 0.4) is 0 Å². The predicted molar refractivity (Wildman–Crippen MR) is 89.0 cm³/mol. The highest BCUT2D eigenvalue weighted by Crippen LogP contribution is 2.33. The Hall–Kier alpha value is -2.81. The van der Waals surface area contributed by atoms with Crippen LogP contribution in [0.1, 0.15) is 26.9 Å². The van der Waals surface area contributed by atoms with Crippen molar-refractivity contribution in [2.75, 3.05) is 0 Å². The van der Waals surface area contributed by atoms with Crippen molar-refractivity contribution in [2.24, 2.45) is 5.73 Å². The van der Waals surface area contributed by atoms with Crippen molar-refractivity contribution < 1.29 is 27.1 Å². The fourth-order valence-electron chi connectivity index (χ4n) is 2.32. The summed E-state index contributed by atoms with van der Waals surface area (Å²) in [6.07, 6.45) is -3.07. The van der Waals surface area contributed by atoms with E-state index in [1.807, 2.05) is 12.1 Å². The summed E-state index contributed by atoms with van der Waals surface area (Å²) in [6, 6.07) is 8.22. The molecule has 0 saturated carbocycles. The number of nitrogens with two attached hydrogens (primary N) is 1. The highest BCUT2D eigenvalue weighted by Gasteiger charge is 2.31. The number of oxazole rings is 1. The van der Waals surface area contributed by atoms with E-state index in [1.165, 1.54) is 23.6 Å². The Balaban J connectivity index is 1.76. The summed E-state index contributed by atoms with van der Waals surface area (Å²) >= 11 is 1.45. The Morgan fingerprint density at radius 2 is 2.08 bits per heavy atom. The number of rotatable bonds is 5. The molecule has 0 radical (unpaired) electrons. The Morgan fingerprint density at radius 3 is 2.69 bits per heavy atom. The van der Waals surface area contributed by atoms with Crippen LogP contribution >= 0.6 is 11.3 Å². The minimum absolute atomic E-state index is 0.00680. The van der Waals surface area contributed by atoms with Crippen molar-refractivity contribution in [2.45, 2.75) is 19.7 Å². The number of hydrogen-bond donors (Lipinski definition) is 1. The lowest BCUT2D eigenvalue weighted by atomic mass is 10.1. The molecule has 3 aromatic rings. The highest BCUT2D eigenvalue weighted by atomic mass is 32.1. The number of carbonyl (C=O) groups is 1. The van der Waals surface area contributed by atoms with Gasteiger partial charge in [0, 0.05) is 9.75 Å². The Morgan fingerprint density at radius 1 is 1.31 bits per heavy atom. The Labute approximate surface area is 150 Å². The molecule has 5 nitrogen and oxygen atoms in total. The second-order valence-corrected chi connectivity index (χ2v) is 6.62. The van der Waals surface area contributed by atoms with Gasteiger partial charge in [-0.15, -0.1) is 24.5 Å². The summed E-state index contributed by atoms with van der Waals surface area (Å²) in [4.78, 5) is 16.8. The highest BCUT2D eigenvalue weighted by molar-refractivity contribution is 7.15. The van der Waals surface area contributed by atoms with Gasteiger partial charge < -0.3 is 14.9 Å². The molecule has 0 saturated heterocycles. The van der Waals surface area contributed by atoms with Crippen molar-refractivity contribution in [1.82, 2.24) is 4.98 Å². The van der Waals surface area contributed by atoms with Crippen molar-refractivity contribution in [1.29, 1.82) is 0 Å². The number of nitrogens with zero attached hydrogens (tertiary/aromatic N) is 1. The van der Waals surface area contributed by atoms with Crippen molar-refractivity contribution >= 4 is 17.2 Å². The molecule has 0 aliphatic carbocycles. The summed E-state index contributed by atoms with van der Waals surface area (Å²) in [6.45, 7) is 1.55. The SMILES string of the molecule is Cc1cc(-c2ccc(Cc3ncc(C(N)=O)o3)s2)ccc1OC(F)(F)F. The number of halogens is 3. The zero-order valence-electron chi connectivity index (χ0n) is 13.5. The van der Waals surface area contributed by atoms with Crippen LogP contribution in [-0.2, 0) is 6.42 Å². The van der Waals surface area contributed by atoms with Crippen molar-refractivity contribution in [3.05, 3.63) is 58.6 Å². The molecule has 0 spiro atoms. The van der Waals surface area contributed by atoms with E-state index in [0.29, 0.717) is 17.9 Å². The average molecular weight is 382 g/mol. The number of aryl methyl sites for hydroxylation is 1. The number of amides is 1. The first-order chi connectivity index (χ1) is 12.2. The van der Waals surface area contributed by atoms with E-state index in [2.05, 4.69) is 9.72 Å². The quantitative estimate of drug-likeness (QED) is 0.714. The molecule has 1 aromatic carbocycles. The molecule has 0 atom stereocenters. The molecular weight excluding hydrogens is 369 g/mol. The topological polar surface area (TPSA) is 78.4 Å². The summed E-state index contributed by atoms with van der Waals surface area (Å²) < 4.78 is 46.2. The van der Waals surface area contributed by atoms with Gasteiger partial charge in [-0.2, -0.15) is 0 Å². The summed E-state index contributed by atoms with van der Waals surface area (Å²) in [5.74, 6) is -0.561. The molecule has 1 amide bonds. The maximum absolute atomic E-state index is 12.3. The molecule has 26 heavy (non-hydrogen) atoms. The van der Waals surface area contributed by atoms with Crippen molar-refractivity contribution in [3.63, 3.8) is 0 Å². The lowest BCUT2D eigenvalue weighted by Crippen LogP contribution is -2.17. The first-order valence-corrected chi connectivity index (χ1v) is 8.23. The number of alkyl halides is 3. The van der Waals surface area contributed by atoms with Crippen LogP contribution in [0.4, 0.5) is 13.2 Å². The molecule has 136 valence electrons. The minimum Gasteiger partial charge on any atom is -0.435 e. The third-order valence-corrected chi connectivity index (χ3v) is 4.60. The van der Waals surface area contributed by atoms with Gasteiger partial charge in [0.2, 0.25) is 5.76 Å². The van der Waals surface area contributed by atoms with Gasteiger partial charge in [-0.3, -0.25) is 4.79 Å². The lowest BCUT2D eigenvalue weighted by Gasteiger charge is -2.12. The van der Waals surface area contributed by atoms with Gasteiger partial charge in [0.05, 0.1) is 12.6 Å². The number of ether oxygens (including phenoxy) is 1. The van der Waals surface area contributed by atoms with Gasteiger partial charge in [0.1, 0.15) is 5.75 Å². The largest absolute Gasteiger partial charge is 0.573 e. The van der Waals surface area contributed by atoms with Gasteiger partial charge in [-0.1, -0.05) is 0 Å². The predicted octanol–water partition coefficient (Wildman–Crippen LogP) is 4.30. The van der Waals surface area contributed by atoms with Crippen LogP contribution < -0.4 is 10.5 Å². The van der Waals surface area contributed by atoms with E-state index >= 15 is 0 Å². The minimum atomic E-state index is -4.72. The van der Waals surface area contributed by atoms with E-state index in [1.54, 1.807) is 19.1 Å². The van der Waals surface area contributed by atoms with Crippen LogP contribution in [0.2, 0.25) is 0 Å². The second kappa shape index (κ2) is 6.83. The van der Waals surface area contributed by atoms with Crippen LogP contribution in [-0.4, -0.2) is 17.3 Å². The van der Waals surface area contributed by atoms with E-state index in [-0.39, 0.29) is 11.5 Å². The molecule has 0 fully saturated rings. The van der Waals surface area contributed by atoms with E-state index in [9.17, 15) is 18.0 Å².